The Balaban J connectivity index is 2.22. The number of hydrogen-bond acceptors (Lipinski definition) is 1. The Morgan fingerprint density at radius 3 is 2.67 bits per heavy atom. The molecule has 0 saturated carbocycles. The van der Waals surface area contributed by atoms with Gasteiger partial charge in [0.25, 0.3) is 0 Å². The maximum atomic E-state index is 2.56. The standard InChI is InChI=1S/C7H15NSi/c1-7-3-6(9-5-7)4-8(7)2/h6H,3-5,9H2,1-2H3. The zero-order chi connectivity index (χ0) is 6.48. The van der Waals surface area contributed by atoms with Gasteiger partial charge in [-0.15, -0.1) is 0 Å². The van der Waals surface area contributed by atoms with Crippen LogP contribution in [0.5, 0.6) is 0 Å². The highest BCUT2D eigenvalue weighted by atomic mass is 28.2. The second-order valence-corrected chi connectivity index (χ2v) is 6.22. The Morgan fingerprint density at radius 2 is 2.44 bits per heavy atom. The maximum Gasteiger partial charge on any atom is 0.0270 e. The van der Waals surface area contributed by atoms with Crippen molar-refractivity contribution in [2.24, 2.45) is 0 Å². The molecule has 0 aromatic carbocycles. The molecule has 9 heavy (non-hydrogen) atoms. The molecule has 2 saturated heterocycles. The fourth-order valence-electron chi connectivity index (χ4n) is 2.45. The summed E-state index contributed by atoms with van der Waals surface area (Å²) in [6.45, 7) is 3.86. The number of hydrogen-bond donors (Lipinski definition) is 0. The largest absolute Gasteiger partial charge is 0.301 e. The number of rotatable bonds is 0. The molecule has 2 fully saturated rings. The van der Waals surface area contributed by atoms with E-state index in [2.05, 4.69) is 18.9 Å². The Morgan fingerprint density at radius 1 is 1.67 bits per heavy atom. The van der Waals surface area contributed by atoms with Gasteiger partial charge in [0.15, 0.2) is 0 Å². The minimum absolute atomic E-state index is 0.377. The molecule has 2 rings (SSSR count). The Hall–Kier alpha value is 0.177. The number of nitrogens with zero attached hydrogens (tertiary/aromatic N) is 1. The van der Waals surface area contributed by atoms with E-state index in [0.29, 0.717) is 15.1 Å². The molecule has 2 unspecified atom stereocenters. The van der Waals surface area contributed by atoms with Crippen molar-refractivity contribution in [2.45, 2.75) is 30.5 Å². The van der Waals surface area contributed by atoms with E-state index < -0.39 is 0 Å². The fraction of sp³-hybridized carbons (Fsp3) is 1.00. The van der Waals surface area contributed by atoms with Crippen molar-refractivity contribution in [1.29, 1.82) is 0 Å². The Kier molecular flexibility index (Phi) is 1.06. The van der Waals surface area contributed by atoms with E-state index in [1.165, 1.54) is 18.5 Å². The first-order valence-corrected chi connectivity index (χ1v) is 5.74. The Bertz CT molecular complexity index is 137. The summed E-state index contributed by atoms with van der Waals surface area (Å²) in [5.74, 6) is 0. The second kappa shape index (κ2) is 1.61. The number of fused-ring (bicyclic) bond motifs is 2. The molecular weight excluding hydrogens is 126 g/mol. The number of likely N-dealkylation sites (tertiary alicyclic amines) is 1. The van der Waals surface area contributed by atoms with Crippen molar-refractivity contribution >= 4 is 9.52 Å². The van der Waals surface area contributed by atoms with Gasteiger partial charge in [-0.1, -0.05) is 0 Å². The summed E-state index contributed by atoms with van der Waals surface area (Å²) in [7, 11) is 2.66. The minimum Gasteiger partial charge on any atom is -0.301 e. The van der Waals surface area contributed by atoms with Gasteiger partial charge in [0.2, 0.25) is 0 Å². The summed E-state index contributed by atoms with van der Waals surface area (Å²) < 4.78 is 0. The summed E-state index contributed by atoms with van der Waals surface area (Å²) in [5.41, 5.74) is 1.84. The van der Waals surface area contributed by atoms with Crippen LogP contribution < -0.4 is 0 Å². The van der Waals surface area contributed by atoms with Crippen molar-refractivity contribution in [3.63, 3.8) is 0 Å². The molecule has 2 atom stereocenters. The molecule has 0 aromatic rings. The van der Waals surface area contributed by atoms with E-state index in [4.69, 9.17) is 0 Å². The molecule has 2 heterocycles. The van der Waals surface area contributed by atoms with Crippen LogP contribution in [-0.4, -0.2) is 33.6 Å². The third kappa shape index (κ3) is 0.696. The summed E-state index contributed by atoms with van der Waals surface area (Å²) in [5, 5.41) is 0. The van der Waals surface area contributed by atoms with Gasteiger partial charge in [0.05, 0.1) is 0 Å². The highest BCUT2D eigenvalue weighted by Crippen LogP contribution is 2.44. The van der Waals surface area contributed by atoms with E-state index in [0.717, 1.165) is 0 Å². The van der Waals surface area contributed by atoms with Gasteiger partial charge in [0, 0.05) is 15.1 Å². The lowest BCUT2D eigenvalue weighted by atomic mass is 10.0. The first-order chi connectivity index (χ1) is 4.21. The van der Waals surface area contributed by atoms with Crippen molar-refractivity contribution in [3.05, 3.63) is 0 Å². The molecule has 0 amide bonds. The first kappa shape index (κ1) is 5.92. The smallest absolute Gasteiger partial charge is 0.0270 e. The van der Waals surface area contributed by atoms with Crippen molar-refractivity contribution in [1.82, 2.24) is 4.90 Å². The van der Waals surface area contributed by atoms with Crippen LogP contribution in [0.25, 0.3) is 0 Å². The summed E-state index contributed by atoms with van der Waals surface area (Å²) in [4.78, 5) is 2.56. The molecule has 2 bridgehead atoms. The molecule has 0 aromatic heterocycles. The van der Waals surface area contributed by atoms with Gasteiger partial charge in [-0.25, -0.2) is 0 Å². The van der Waals surface area contributed by atoms with E-state index in [9.17, 15) is 0 Å². The van der Waals surface area contributed by atoms with Crippen LogP contribution in [0.15, 0.2) is 0 Å². The molecule has 2 heteroatoms. The van der Waals surface area contributed by atoms with Crippen LogP contribution in [0.2, 0.25) is 11.6 Å². The predicted molar refractivity (Wildman–Crippen MR) is 42.8 cm³/mol. The zero-order valence-electron chi connectivity index (χ0n) is 6.35. The molecule has 2 aliphatic rings. The highest BCUT2D eigenvalue weighted by Gasteiger charge is 2.45. The van der Waals surface area contributed by atoms with Crippen LogP contribution in [0.1, 0.15) is 13.3 Å². The van der Waals surface area contributed by atoms with Crippen molar-refractivity contribution in [3.8, 4) is 0 Å². The third-order valence-corrected chi connectivity index (χ3v) is 6.00. The topological polar surface area (TPSA) is 3.24 Å². The molecular formula is C7H15NSi. The molecule has 1 nitrogen and oxygen atoms in total. The van der Waals surface area contributed by atoms with Gasteiger partial charge in [-0.3, -0.25) is 0 Å². The van der Waals surface area contributed by atoms with Gasteiger partial charge < -0.3 is 4.90 Å². The first-order valence-electron chi connectivity index (χ1n) is 3.92. The monoisotopic (exact) mass is 141 g/mol. The Labute approximate surface area is 59.3 Å². The van der Waals surface area contributed by atoms with Gasteiger partial charge in [-0.2, -0.15) is 0 Å². The molecule has 0 N–H and O–H groups in total. The van der Waals surface area contributed by atoms with E-state index >= 15 is 0 Å². The minimum atomic E-state index is 0.377. The normalized spacial score (nSPS) is 53.3. The summed E-state index contributed by atoms with van der Waals surface area (Å²) >= 11 is 0. The molecule has 0 aliphatic carbocycles. The molecule has 52 valence electrons. The zero-order valence-corrected chi connectivity index (χ0v) is 7.77. The maximum absolute atomic E-state index is 2.56. The predicted octanol–water partition coefficient (Wildman–Crippen LogP) is 0.470. The molecule has 2 aliphatic heterocycles. The van der Waals surface area contributed by atoms with Gasteiger partial charge in [0.1, 0.15) is 0 Å². The lowest BCUT2D eigenvalue weighted by Crippen LogP contribution is -2.39. The van der Waals surface area contributed by atoms with Gasteiger partial charge in [-0.05, 0) is 38.5 Å². The summed E-state index contributed by atoms with van der Waals surface area (Å²) in [6, 6.07) is 1.58. The van der Waals surface area contributed by atoms with E-state index in [1.54, 1.807) is 6.04 Å². The quantitative estimate of drug-likeness (QED) is 0.443. The van der Waals surface area contributed by atoms with Crippen LogP contribution in [0, 0.1) is 0 Å². The highest BCUT2D eigenvalue weighted by molar-refractivity contribution is 6.40. The molecule has 0 radical (unpaired) electrons. The average molecular weight is 141 g/mol. The van der Waals surface area contributed by atoms with Gasteiger partial charge >= 0.3 is 0 Å². The van der Waals surface area contributed by atoms with Crippen LogP contribution in [0.4, 0.5) is 0 Å². The third-order valence-electron chi connectivity index (χ3n) is 3.27. The lowest BCUT2D eigenvalue weighted by molar-refractivity contribution is 0.216. The SMILES string of the molecule is CN1CC2CC1(C)C[SiH2]2. The van der Waals surface area contributed by atoms with Crippen molar-refractivity contribution in [2.75, 3.05) is 13.6 Å². The summed E-state index contributed by atoms with van der Waals surface area (Å²) in [6.07, 6.45) is 1.52. The van der Waals surface area contributed by atoms with Crippen LogP contribution in [-0.2, 0) is 0 Å². The second-order valence-electron chi connectivity index (χ2n) is 3.99. The van der Waals surface area contributed by atoms with E-state index in [-0.39, 0.29) is 0 Å². The van der Waals surface area contributed by atoms with Crippen LogP contribution >= 0.6 is 0 Å². The average Bonchev–Trinajstić information content (AvgIpc) is 2.22. The molecule has 0 spiro atoms. The fourth-order valence-corrected chi connectivity index (χ4v) is 5.46. The van der Waals surface area contributed by atoms with Crippen molar-refractivity contribution < 1.29 is 0 Å². The lowest BCUT2D eigenvalue weighted by Gasteiger charge is -2.31. The van der Waals surface area contributed by atoms with E-state index in [1.807, 2.05) is 0 Å². The van der Waals surface area contributed by atoms with Crippen LogP contribution in [0.3, 0.4) is 0 Å².